The Morgan fingerprint density at radius 2 is 1.64 bits per heavy atom. The SMILES string of the molecule is CCN(CC)S(=O)(=O)c1ccc(C(=O)N2CCC(Cn3c(C(F)(F)F)nc4ccccc43)CC2)cc1. The topological polar surface area (TPSA) is 75.5 Å². The molecule has 4 rings (SSSR count). The third kappa shape index (κ3) is 5.12. The molecule has 0 spiro atoms. The summed E-state index contributed by atoms with van der Waals surface area (Å²) in [4.78, 5) is 18.6. The zero-order valence-electron chi connectivity index (χ0n) is 20.2. The average molecular weight is 523 g/mol. The number of benzene rings is 2. The molecule has 1 aromatic heterocycles. The van der Waals surface area contributed by atoms with Gasteiger partial charge in [-0.25, -0.2) is 13.4 Å². The van der Waals surface area contributed by atoms with Gasteiger partial charge in [-0.1, -0.05) is 26.0 Å². The molecular weight excluding hydrogens is 493 g/mol. The van der Waals surface area contributed by atoms with Crippen LogP contribution in [0.15, 0.2) is 53.4 Å². The van der Waals surface area contributed by atoms with Crippen LogP contribution in [0.1, 0.15) is 42.9 Å². The maximum absolute atomic E-state index is 13.6. The highest BCUT2D eigenvalue weighted by Crippen LogP contribution is 2.33. The number of alkyl halides is 3. The first-order chi connectivity index (χ1) is 17.1. The van der Waals surface area contributed by atoms with Gasteiger partial charge in [0.25, 0.3) is 5.91 Å². The standard InChI is InChI=1S/C25H29F3N4O3S/c1-3-31(4-2)36(34,35)20-11-9-19(10-12-20)23(33)30-15-13-18(14-16-30)17-32-22-8-6-5-7-21(22)29-24(32)25(26,27)28/h5-12,18H,3-4,13-17H2,1-2H3. The molecular formula is C25H29F3N4O3S. The maximum Gasteiger partial charge on any atom is 0.449 e. The van der Waals surface area contributed by atoms with Crippen LogP contribution >= 0.6 is 0 Å². The monoisotopic (exact) mass is 522 g/mol. The van der Waals surface area contributed by atoms with E-state index in [0.29, 0.717) is 55.6 Å². The molecule has 0 N–H and O–H groups in total. The second-order valence-electron chi connectivity index (χ2n) is 8.88. The Morgan fingerprint density at radius 1 is 1.03 bits per heavy atom. The number of carbonyl (C=O) groups is 1. The molecule has 0 radical (unpaired) electrons. The summed E-state index contributed by atoms with van der Waals surface area (Å²) in [6.07, 6.45) is -3.44. The molecule has 1 saturated heterocycles. The molecule has 2 heterocycles. The van der Waals surface area contributed by atoms with Gasteiger partial charge in [-0.3, -0.25) is 4.79 Å². The number of aromatic nitrogens is 2. The summed E-state index contributed by atoms with van der Waals surface area (Å²) in [5.74, 6) is -1.15. The lowest BCUT2D eigenvalue weighted by Crippen LogP contribution is -2.39. The smallest absolute Gasteiger partial charge is 0.339 e. The van der Waals surface area contributed by atoms with Gasteiger partial charge in [-0.05, 0) is 55.2 Å². The highest BCUT2D eigenvalue weighted by molar-refractivity contribution is 7.89. The summed E-state index contributed by atoms with van der Waals surface area (Å²) in [7, 11) is -3.61. The summed E-state index contributed by atoms with van der Waals surface area (Å²) in [6.45, 7) is 5.24. The molecule has 7 nitrogen and oxygen atoms in total. The number of fused-ring (bicyclic) bond motifs is 1. The highest BCUT2D eigenvalue weighted by Gasteiger charge is 2.38. The number of para-hydroxylation sites is 2. The third-order valence-corrected chi connectivity index (χ3v) is 8.76. The van der Waals surface area contributed by atoms with Crippen LogP contribution in [-0.2, 0) is 22.7 Å². The van der Waals surface area contributed by atoms with Crippen molar-refractivity contribution in [2.75, 3.05) is 26.2 Å². The fourth-order valence-electron chi connectivity index (χ4n) is 4.72. The largest absolute Gasteiger partial charge is 0.449 e. The van der Waals surface area contributed by atoms with E-state index in [-0.39, 0.29) is 23.3 Å². The Morgan fingerprint density at radius 3 is 2.22 bits per heavy atom. The Kier molecular flexibility index (Phi) is 7.42. The predicted molar refractivity (Wildman–Crippen MR) is 130 cm³/mol. The molecule has 2 aromatic carbocycles. The summed E-state index contributed by atoms with van der Waals surface area (Å²) < 4.78 is 68.7. The zero-order valence-corrected chi connectivity index (χ0v) is 21.0. The first-order valence-corrected chi connectivity index (χ1v) is 13.4. The number of sulfonamides is 1. The van der Waals surface area contributed by atoms with Crippen LogP contribution in [0.5, 0.6) is 0 Å². The first kappa shape index (κ1) is 26.2. The minimum absolute atomic E-state index is 0.0330. The van der Waals surface area contributed by atoms with E-state index in [0.717, 1.165) is 0 Å². The Bertz CT molecular complexity index is 1320. The van der Waals surface area contributed by atoms with E-state index < -0.39 is 22.0 Å². The van der Waals surface area contributed by atoms with Gasteiger partial charge in [-0.15, -0.1) is 0 Å². The number of hydrogen-bond donors (Lipinski definition) is 0. The van der Waals surface area contributed by atoms with E-state index in [1.54, 1.807) is 43.0 Å². The fourth-order valence-corrected chi connectivity index (χ4v) is 6.18. The van der Waals surface area contributed by atoms with Crippen LogP contribution in [0.2, 0.25) is 0 Å². The van der Waals surface area contributed by atoms with Crippen molar-refractivity contribution in [2.45, 2.75) is 44.3 Å². The predicted octanol–water partition coefficient (Wildman–Crippen LogP) is 4.64. The molecule has 36 heavy (non-hydrogen) atoms. The lowest BCUT2D eigenvalue weighted by atomic mass is 9.96. The van der Waals surface area contributed by atoms with Gasteiger partial charge in [0.15, 0.2) is 0 Å². The summed E-state index contributed by atoms with van der Waals surface area (Å²) in [5.41, 5.74) is 1.14. The van der Waals surface area contributed by atoms with Gasteiger partial charge < -0.3 is 9.47 Å². The molecule has 0 unspecified atom stereocenters. The molecule has 0 atom stereocenters. The molecule has 0 bridgehead atoms. The lowest BCUT2D eigenvalue weighted by molar-refractivity contribution is -0.147. The van der Waals surface area contributed by atoms with E-state index in [2.05, 4.69) is 4.98 Å². The molecule has 3 aromatic rings. The Labute approximate surface area is 208 Å². The van der Waals surface area contributed by atoms with Crippen LogP contribution in [-0.4, -0.2) is 59.3 Å². The van der Waals surface area contributed by atoms with Crippen molar-refractivity contribution in [2.24, 2.45) is 5.92 Å². The van der Waals surface area contributed by atoms with Crippen molar-refractivity contribution >= 4 is 27.0 Å². The zero-order chi connectivity index (χ0) is 26.1. The van der Waals surface area contributed by atoms with Crippen molar-refractivity contribution in [3.05, 3.63) is 59.9 Å². The van der Waals surface area contributed by atoms with Crippen LogP contribution < -0.4 is 0 Å². The highest BCUT2D eigenvalue weighted by atomic mass is 32.2. The summed E-state index contributed by atoms with van der Waals surface area (Å²) in [6, 6.07) is 12.5. The Hall–Kier alpha value is -2.92. The second kappa shape index (κ2) is 10.2. The van der Waals surface area contributed by atoms with E-state index in [1.807, 2.05) is 0 Å². The second-order valence-corrected chi connectivity index (χ2v) is 10.8. The number of imidazole rings is 1. The van der Waals surface area contributed by atoms with Crippen molar-refractivity contribution in [1.29, 1.82) is 0 Å². The number of halogens is 3. The lowest BCUT2D eigenvalue weighted by Gasteiger charge is -2.32. The average Bonchev–Trinajstić information content (AvgIpc) is 3.24. The third-order valence-electron chi connectivity index (χ3n) is 6.70. The van der Waals surface area contributed by atoms with E-state index >= 15 is 0 Å². The number of hydrogen-bond acceptors (Lipinski definition) is 4. The van der Waals surface area contributed by atoms with Gasteiger partial charge in [0.05, 0.1) is 15.9 Å². The molecule has 0 aliphatic carbocycles. The van der Waals surface area contributed by atoms with Crippen molar-refractivity contribution in [3.63, 3.8) is 0 Å². The molecule has 1 amide bonds. The summed E-state index contributed by atoms with van der Waals surface area (Å²) >= 11 is 0. The van der Waals surface area contributed by atoms with E-state index in [4.69, 9.17) is 0 Å². The minimum Gasteiger partial charge on any atom is -0.339 e. The molecule has 1 aliphatic heterocycles. The van der Waals surface area contributed by atoms with Crippen LogP contribution in [0.25, 0.3) is 11.0 Å². The molecule has 1 aliphatic rings. The van der Waals surface area contributed by atoms with Gasteiger partial charge in [0.1, 0.15) is 0 Å². The van der Waals surface area contributed by atoms with Crippen LogP contribution in [0.3, 0.4) is 0 Å². The molecule has 11 heteroatoms. The quantitative estimate of drug-likeness (QED) is 0.453. The van der Waals surface area contributed by atoms with E-state index in [1.165, 1.54) is 33.1 Å². The van der Waals surface area contributed by atoms with Gasteiger partial charge >= 0.3 is 6.18 Å². The molecule has 1 fully saturated rings. The van der Waals surface area contributed by atoms with Gasteiger partial charge in [-0.2, -0.15) is 17.5 Å². The number of nitrogens with zero attached hydrogens (tertiary/aromatic N) is 4. The van der Waals surface area contributed by atoms with Crippen LogP contribution in [0, 0.1) is 5.92 Å². The number of piperidine rings is 1. The van der Waals surface area contributed by atoms with Crippen molar-refractivity contribution in [1.82, 2.24) is 18.8 Å². The van der Waals surface area contributed by atoms with Crippen molar-refractivity contribution < 1.29 is 26.4 Å². The van der Waals surface area contributed by atoms with Gasteiger partial charge in [0, 0.05) is 38.3 Å². The van der Waals surface area contributed by atoms with Gasteiger partial charge in [0.2, 0.25) is 15.8 Å². The number of carbonyl (C=O) groups excluding carboxylic acids is 1. The molecule has 0 saturated carbocycles. The van der Waals surface area contributed by atoms with Crippen LogP contribution in [0.4, 0.5) is 13.2 Å². The number of amides is 1. The van der Waals surface area contributed by atoms with E-state index in [9.17, 15) is 26.4 Å². The minimum atomic E-state index is -4.55. The normalized spacial score (nSPS) is 15.7. The fraction of sp³-hybridized carbons (Fsp3) is 0.440. The number of rotatable bonds is 7. The number of likely N-dealkylation sites (tertiary alicyclic amines) is 1. The Balaban J connectivity index is 1.43. The summed E-state index contributed by atoms with van der Waals surface area (Å²) in [5, 5.41) is 0. The molecule has 194 valence electrons. The van der Waals surface area contributed by atoms with Crippen molar-refractivity contribution in [3.8, 4) is 0 Å². The first-order valence-electron chi connectivity index (χ1n) is 12.0. The maximum atomic E-state index is 13.6.